The third kappa shape index (κ3) is 4.15. The van der Waals surface area contributed by atoms with Crippen molar-refractivity contribution in [1.82, 2.24) is 4.90 Å². The van der Waals surface area contributed by atoms with Crippen LogP contribution in [0.15, 0.2) is 48.5 Å². The first-order valence-electron chi connectivity index (χ1n) is 8.73. The third-order valence-corrected chi connectivity index (χ3v) is 5.22. The van der Waals surface area contributed by atoms with Crippen LogP contribution in [0.1, 0.15) is 36.5 Å². The number of hydrogen-bond donors (Lipinski definition) is 1. The summed E-state index contributed by atoms with van der Waals surface area (Å²) in [4.78, 5) is 2.35. The van der Waals surface area contributed by atoms with E-state index in [1.165, 1.54) is 29.5 Å². The fourth-order valence-corrected chi connectivity index (χ4v) is 3.41. The molecule has 3 heteroatoms. The molecule has 1 fully saturated rings. The molecule has 2 nitrogen and oxygen atoms in total. The van der Waals surface area contributed by atoms with Gasteiger partial charge in [-0.05, 0) is 74.5 Å². The summed E-state index contributed by atoms with van der Waals surface area (Å²) in [6, 6.07) is 17.5. The van der Waals surface area contributed by atoms with Gasteiger partial charge in [0.05, 0.1) is 0 Å². The van der Waals surface area contributed by atoms with Crippen LogP contribution in [-0.2, 0) is 6.54 Å². The molecule has 0 radical (unpaired) electrons. The lowest BCUT2D eigenvalue weighted by molar-refractivity contribution is 0.298. The highest BCUT2D eigenvalue weighted by molar-refractivity contribution is 7.80. The van der Waals surface area contributed by atoms with Gasteiger partial charge in [-0.15, -0.1) is 0 Å². The maximum Gasteiger partial charge on any atom is 0.173 e. The lowest BCUT2D eigenvalue weighted by Gasteiger charge is -2.32. The minimum Gasteiger partial charge on any atom is -0.342 e. The summed E-state index contributed by atoms with van der Waals surface area (Å²) in [6.45, 7) is 7.39. The maximum absolute atomic E-state index is 5.80. The van der Waals surface area contributed by atoms with Crippen LogP contribution in [0.2, 0.25) is 0 Å². The molecule has 0 aromatic heterocycles. The molecule has 3 rings (SSSR count). The number of nitrogens with zero attached hydrogens (tertiary/aromatic N) is 1. The van der Waals surface area contributed by atoms with Gasteiger partial charge in [-0.3, -0.25) is 0 Å². The van der Waals surface area contributed by atoms with Crippen LogP contribution in [0.4, 0.5) is 5.69 Å². The predicted molar refractivity (Wildman–Crippen MR) is 106 cm³/mol. The molecule has 1 aliphatic rings. The van der Waals surface area contributed by atoms with Crippen molar-refractivity contribution >= 4 is 23.0 Å². The number of nitrogens with one attached hydrogen (secondary N) is 1. The largest absolute Gasteiger partial charge is 0.342 e. The van der Waals surface area contributed by atoms with Crippen LogP contribution in [0.3, 0.4) is 0 Å². The Morgan fingerprint density at radius 3 is 2.54 bits per heavy atom. The zero-order chi connectivity index (χ0) is 17.1. The Bertz CT molecular complexity index is 707. The van der Waals surface area contributed by atoms with E-state index in [9.17, 15) is 0 Å². The summed E-state index contributed by atoms with van der Waals surface area (Å²) in [7, 11) is 0. The Labute approximate surface area is 150 Å². The zero-order valence-electron chi connectivity index (χ0n) is 14.8. The summed E-state index contributed by atoms with van der Waals surface area (Å²) < 4.78 is 0. The van der Waals surface area contributed by atoms with Gasteiger partial charge in [-0.1, -0.05) is 42.5 Å². The van der Waals surface area contributed by atoms with Crippen LogP contribution in [0.25, 0.3) is 0 Å². The summed E-state index contributed by atoms with van der Waals surface area (Å²) in [5, 5.41) is 4.32. The van der Waals surface area contributed by atoms with E-state index < -0.39 is 0 Å². The van der Waals surface area contributed by atoms with E-state index >= 15 is 0 Å². The van der Waals surface area contributed by atoms with Crippen LogP contribution in [0, 0.1) is 19.8 Å². The standard InChI is InChI=1S/C21H26N2S/c1-15-9-10-16(2)20(13-15)22-21(24)23(17(3)19-11-12-19)14-18-7-5-4-6-8-18/h4-10,13,17,19H,11-12,14H2,1-3H3,(H,22,24). The number of rotatable bonds is 5. The van der Waals surface area contributed by atoms with E-state index in [1.807, 2.05) is 0 Å². The number of anilines is 1. The van der Waals surface area contributed by atoms with E-state index in [4.69, 9.17) is 12.2 Å². The monoisotopic (exact) mass is 338 g/mol. The van der Waals surface area contributed by atoms with E-state index in [0.717, 1.165) is 23.3 Å². The third-order valence-electron chi connectivity index (χ3n) is 4.89. The van der Waals surface area contributed by atoms with E-state index in [2.05, 4.69) is 79.5 Å². The predicted octanol–water partition coefficient (Wildman–Crippen LogP) is 5.30. The number of benzene rings is 2. The average Bonchev–Trinajstić information content (AvgIpc) is 3.41. The molecular weight excluding hydrogens is 312 g/mol. The number of aryl methyl sites for hydroxylation is 2. The molecule has 0 heterocycles. The lowest BCUT2D eigenvalue weighted by atomic mass is 10.1. The van der Waals surface area contributed by atoms with E-state index in [-0.39, 0.29) is 0 Å². The van der Waals surface area contributed by atoms with Gasteiger partial charge in [-0.2, -0.15) is 0 Å². The first-order chi connectivity index (χ1) is 11.5. The van der Waals surface area contributed by atoms with Crippen molar-refractivity contribution in [3.63, 3.8) is 0 Å². The Morgan fingerprint density at radius 2 is 1.88 bits per heavy atom. The summed E-state index contributed by atoms with van der Waals surface area (Å²) in [5.74, 6) is 0.770. The highest BCUT2D eigenvalue weighted by Gasteiger charge is 2.33. The first-order valence-corrected chi connectivity index (χ1v) is 9.14. The molecule has 0 saturated heterocycles. The Morgan fingerprint density at radius 1 is 1.17 bits per heavy atom. The van der Waals surface area contributed by atoms with Crippen molar-refractivity contribution in [2.75, 3.05) is 5.32 Å². The van der Waals surface area contributed by atoms with Crippen LogP contribution in [0.5, 0.6) is 0 Å². The molecule has 2 aromatic rings. The number of hydrogen-bond acceptors (Lipinski definition) is 1. The molecule has 0 amide bonds. The van der Waals surface area contributed by atoms with Crippen LogP contribution < -0.4 is 5.32 Å². The van der Waals surface area contributed by atoms with Crippen molar-refractivity contribution in [2.24, 2.45) is 5.92 Å². The molecule has 126 valence electrons. The van der Waals surface area contributed by atoms with Gasteiger partial charge in [0.2, 0.25) is 0 Å². The molecular formula is C21H26N2S. The van der Waals surface area contributed by atoms with Crippen molar-refractivity contribution in [3.05, 3.63) is 65.2 Å². The zero-order valence-corrected chi connectivity index (χ0v) is 15.6. The topological polar surface area (TPSA) is 15.3 Å². The fraction of sp³-hybridized carbons (Fsp3) is 0.381. The van der Waals surface area contributed by atoms with Gasteiger partial charge in [0.25, 0.3) is 0 Å². The van der Waals surface area contributed by atoms with Gasteiger partial charge >= 0.3 is 0 Å². The van der Waals surface area contributed by atoms with Crippen molar-refractivity contribution in [2.45, 2.75) is 46.2 Å². The van der Waals surface area contributed by atoms with Crippen molar-refractivity contribution in [1.29, 1.82) is 0 Å². The molecule has 1 atom stereocenters. The fourth-order valence-electron chi connectivity index (χ4n) is 3.07. The quantitative estimate of drug-likeness (QED) is 0.745. The molecule has 0 aliphatic heterocycles. The minimum atomic E-state index is 0.468. The van der Waals surface area contributed by atoms with E-state index in [1.54, 1.807) is 0 Å². The van der Waals surface area contributed by atoms with Gasteiger partial charge < -0.3 is 10.2 Å². The molecule has 0 bridgehead atoms. The summed E-state index contributed by atoms with van der Waals surface area (Å²) in [6.07, 6.45) is 2.64. The maximum atomic E-state index is 5.80. The lowest BCUT2D eigenvalue weighted by Crippen LogP contribution is -2.42. The molecule has 1 unspecified atom stereocenters. The van der Waals surface area contributed by atoms with Crippen LogP contribution in [-0.4, -0.2) is 16.1 Å². The highest BCUT2D eigenvalue weighted by atomic mass is 32.1. The normalized spacial score (nSPS) is 15.0. The summed E-state index contributed by atoms with van der Waals surface area (Å²) in [5.41, 5.74) is 4.88. The van der Waals surface area contributed by atoms with Gasteiger partial charge in [0.1, 0.15) is 0 Å². The second-order valence-corrected chi connectivity index (χ2v) is 7.33. The molecule has 1 aliphatic carbocycles. The van der Waals surface area contributed by atoms with Crippen molar-refractivity contribution in [3.8, 4) is 0 Å². The van der Waals surface area contributed by atoms with Crippen LogP contribution >= 0.6 is 12.2 Å². The highest BCUT2D eigenvalue weighted by Crippen LogP contribution is 2.36. The molecule has 0 spiro atoms. The smallest absolute Gasteiger partial charge is 0.173 e. The Hall–Kier alpha value is -1.87. The molecule has 1 saturated carbocycles. The SMILES string of the molecule is Cc1ccc(C)c(NC(=S)N(Cc2ccccc2)C(C)C2CC2)c1. The van der Waals surface area contributed by atoms with Gasteiger partial charge in [-0.25, -0.2) is 0 Å². The number of thiocarbonyl (C=S) groups is 1. The Balaban J connectivity index is 1.79. The van der Waals surface area contributed by atoms with Crippen molar-refractivity contribution < 1.29 is 0 Å². The Kier molecular flexibility index (Phi) is 5.20. The first kappa shape index (κ1) is 17.0. The molecule has 2 aromatic carbocycles. The minimum absolute atomic E-state index is 0.468. The summed E-state index contributed by atoms with van der Waals surface area (Å²) >= 11 is 5.80. The van der Waals surface area contributed by atoms with Gasteiger partial charge in [0.15, 0.2) is 5.11 Å². The molecule has 24 heavy (non-hydrogen) atoms. The van der Waals surface area contributed by atoms with E-state index in [0.29, 0.717) is 6.04 Å². The second-order valence-electron chi connectivity index (χ2n) is 6.94. The van der Waals surface area contributed by atoms with Gasteiger partial charge in [0, 0.05) is 18.3 Å². The second kappa shape index (κ2) is 7.35. The molecule has 1 N–H and O–H groups in total. The average molecular weight is 339 g/mol.